The Morgan fingerprint density at radius 3 is 2.06 bits per heavy atom. The number of ether oxygens (including phenoxy) is 1. The van der Waals surface area contributed by atoms with Crippen molar-refractivity contribution in [3.63, 3.8) is 0 Å². The smallest absolute Gasteiger partial charge is 0.353 e. The van der Waals surface area contributed by atoms with Crippen LogP contribution in [0, 0.1) is 11.3 Å². The summed E-state index contributed by atoms with van der Waals surface area (Å²) in [6.45, 7) is 0.0781. The maximum Gasteiger partial charge on any atom is 0.353 e. The second-order valence-electron chi connectivity index (χ2n) is 6.81. The van der Waals surface area contributed by atoms with Crippen LogP contribution in [0.3, 0.4) is 0 Å². The summed E-state index contributed by atoms with van der Waals surface area (Å²) in [5, 5.41) is 12.9. The number of allylic oxidation sites excluding steroid dienone is 1. The molecule has 0 bridgehead atoms. The van der Waals surface area contributed by atoms with Crippen molar-refractivity contribution in [2.45, 2.75) is 6.61 Å². The number of aliphatic imine (C=N–C) groups is 1. The number of benzene rings is 3. The lowest BCUT2D eigenvalue weighted by Gasteiger charge is -2.19. The maximum absolute atomic E-state index is 12.7. The Morgan fingerprint density at radius 2 is 1.45 bits per heavy atom. The Labute approximate surface area is 180 Å². The lowest BCUT2D eigenvalue weighted by atomic mass is 10.0. The molecule has 4 rings (SSSR count). The minimum atomic E-state index is -0.723. The van der Waals surface area contributed by atoms with Gasteiger partial charge in [0.2, 0.25) is 0 Å². The lowest BCUT2D eigenvalue weighted by Crippen LogP contribution is -2.22. The van der Waals surface area contributed by atoms with Crippen LogP contribution in [0.25, 0.3) is 5.70 Å². The SMILES string of the molecule is N#C/C(C(=O)OCc1ccccc1)=C1/N=C(c2ccccc2)C=C(c2ccccc2)N1. The number of hydrogen-bond acceptors (Lipinski definition) is 5. The van der Waals surface area contributed by atoms with Gasteiger partial charge in [-0.1, -0.05) is 91.0 Å². The summed E-state index contributed by atoms with van der Waals surface area (Å²) < 4.78 is 5.37. The summed E-state index contributed by atoms with van der Waals surface area (Å²) in [5.41, 5.74) is 3.85. The van der Waals surface area contributed by atoms with Gasteiger partial charge in [0.15, 0.2) is 11.4 Å². The maximum atomic E-state index is 12.7. The standard InChI is InChI=1S/C26H19N3O2/c27-17-22(26(30)31-18-19-10-4-1-5-11-19)25-28-23(20-12-6-2-7-13-20)16-24(29-25)21-14-8-3-9-15-21/h1-16,28H,18H2/b25-22-. The van der Waals surface area contributed by atoms with Crippen molar-refractivity contribution >= 4 is 17.4 Å². The Hall–Kier alpha value is -4.43. The van der Waals surface area contributed by atoms with Gasteiger partial charge in [0, 0.05) is 11.3 Å². The summed E-state index contributed by atoms with van der Waals surface area (Å²) in [5.74, 6) is -0.555. The molecule has 150 valence electrons. The quantitative estimate of drug-likeness (QED) is 0.382. The van der Waals surface area contributed by atoms with E-state index in [0.29, 0.717) is 5.71 Å². The first-order valence-electron chi connectivity index (χ1n) is 9.78. The molecule has 0 saturated carbocycles. The molecule has 31 heavy (non-hydrogen) atoms. The predicted octanol–water partition coefficient (Wildman–Crippen LogP) is 4.60. The highest BCUT2D eigenvalue weighted by molar-refractivity contribution is 6.14. The van der Waals surface area contributed by atoms with Crippen molar-refractivity contribution in [3.8, 4) is 6.07 Å². The van der Waals surface area contributed by atoms with E-state index in [2.05, 4.69) is 10.3 Å². The topological polar surface area (TPSA) is 74.5 Å². The van der Waals surface area contributed by atoms with Crippen molar-refractivity contribution in [1.82, 2.24) is 5.32 Å². The zero-order valence-electron chi connectivity index (χ0n) is 16.7. The van der Waals surface area contributed by atoms with Crippen LogP contribution in [0.1, 0.15) is 16.7 Å². The van der Waals surface area contributed by atoms with Gasteiger partial charge < -0.3 is 10.1 Å². The van der Waals surface area contributed by atoms with Gasteiger partial charge in [-0.3, -0.25) is 0 Å². The van der Waals surface area contributed by atoms with E-state index in [1.54, 1.807) is 0 Å². The zero-order valence-corrected chi connectivity index (χ0v) is 16.7. The summed E-state index contributed by atoms with van der Waals surface area (Å²) in [4.78, 5) is 17.3. The minimum absolute atomic E-state index is 0.0781. The van der Waals surface area contributed by atoms with Crippen LogP contribution < -0.4 is 5.32 Å². The van der Waals surface area contributed by atoms with E-state index in [1.807, 2.05) is 103 Å². The molecule has 0 amide bonds. The second kappa shape index (κ2) is 9.38. The molecule has 1 N–H and O–H groups in total. The first-order chi connectivity index (χ1) is 15.2. The third kappa shape index (κ3) is 4.77. The third-order valence-electron chi connectivity index (χ3n) is 4.69. The highest BCUT2D eigenvalue weighted by Crippen LogP contribution is 2.22. The normalized spacial score (nSPS) is 14.4. The lowest BCUT2D eigenvalue weighted by molar-refractivity contribution is -0.139. The first kappa shape index (κ1) is 19.9. The molecule has 5 heteroatoms. The molecule has 1 aliphatic rings. The summed E-state index contributed by atoms with van der Waals surface area (Å²) in [6, 6.07) is 30.6. The minimum Gasteiger partial charge on any atom is -0.457 e. The summed E-state index contributed by atoms with van der Waals surface area (Å²) >= 11 is 0. The number of carbonyl (C=O) groups is 1. The van der Waals surface area contributed by atoms with Crippen LogP contribution in [-0.2, 0) is 16.1 Å². The van der Waals surface area contributed by atoms with Crippen LogP contribution in [0.15, 0.2) is 113 Å². The van der Waals surface area contributed by atoms with E-state index in [0.717, 1.165) is 22.4 Å². The number of esters is 1. The van der Waals surface area contributed by atoms with Gasteiger partial charge in [-0.05, 0) is 17.2 Å². The first-order valence-corrected chi connectivity index (χ1v) is 9.78. The summed E-state index contributed by atoms with van der Waals surface area (Å²) in [7, 11) is 0. The second-order valence-corrected chi connectivity index (χ2v) is 6.81. The van der Waals surface area contributed by atoms with Gasteiger partial charge >= 0.3 is 5.97 Å². The summed E-state index contributed by atoms with van der Waals surface area (Å²) in [6.07, 6.45) is 1.90. The number of nitrogens with zero attached hydrogens (tertiary/aromatic N) is 2. The van der Waals surface area contributed by atoms with Crippen molar-refractivity contribution in [2.75, 3.05) is 0 Å². The van der Waals surface area contributed by atoms with Crippen LogP contribution >= 0.6 is 0 Å². The van der Waals surface area contributed by atoms with E-state index < -0.39 is 5.97 Å². The molecule has 0 radical (unpaired) electrons. The van der Waals surface area contributed by atoms with E-state index in [1.165, 1.54) is 0 Å². The fourth-order valence-corrected chi connectivity index (χ4v) is 3.12. The Balaban J connectivity index is 1.70. The van der Waals surface area contributed by atoms with Crippen molar-refractivity contribution < 1.29 is 9.53 Å². The molecule has 1 aliphatic heterocycles. The third-order valence-corrected chi connectivity index (χ3v) is 4.69. The molecule has 0 fully saturated rings. The van der Waals surface area contributed by atoms with E-state index >= 15 is 0 Å². The number of hydrogen-bond donors (Lipinski definition) is 1. The molecular weight excluding hydrogens is 386 g/mol. The molecule has 0 saturated heterocycles. The highest BCUT2D eigenvalue weighted by atomic mass is 16.5. The molecule has 0 aromatic heterocycles. The van der Waals surface area contributed by atoms with Gasteiger partial charge in [0.05, 0.1) is 5.71 Å². The molecule has 0 aliphatic carbocycles. The average molecular weight is 405 g/mol. The average Bonchev–Trinajstić information content (AvgIpc) is 2.85. The highest BCUT2D eigenvalue weighted by Gasteiger charge is 2.22. The Bertz CT molecular complexity index is 1210. The van der Waals surface area contributed by atoms with Crippen molar-refractivity contribution in [2.24, 2.45) is 4.99 Å². The van der Waals surface area contributed by atoms with Gasteiger partial charge in [0.1, 0.15) is 12.7 Å². The van der Waals surface area contributed by atoms with Gasteiger partial charge in [0.25, 0.3) is 0 Å². The van der Waals surface area contributed by atoms with Crippen molar-refractivity contribution in [1.29, 1.82) is 5.26 Å². The molecule has 3 aromatic rings. The van der Waals surface area contributed by atoms with E-state index in [9.17, 15) is 10.1 Å². The molecule has 0 atom stereocenters. The molecular formula is C26H19N3O2. The number of nitrogens with one attached hydrogen (secondary N) is 1. The van der Waals surface area contributed by atoms with Gasteiger partial charge in [-0.15, -0.1) is 0 Å². The van der Waals surface area contributed by atoms with E-state index in [-0.39, 0.29) is 18.0 Å². The van der Waals surface area contributed by atoms with Gasteiger partial charge in [-0.2, -0.15) is 5.26 Å². The van der Waals surface area contributed by atoms with Crippen LogP contribution in [0.2, 0.25) is 0 Å². The van der Waals surface area contributed by atoms with Crippen molar-refractivity contribution in [3.05, 3.63) is 125 Å². The fourth-order valence-electron chi connectivity index (χ4n) is 3.12. The largest absolute Gasteiger partial charge is 0.457 e. The fraction of sp³-hybridized carbons (Fsp3) is 0.0385. The van der Waals surface area contributed by atoms with Crippen LogP contribution in [0.4, 0.5) is 0 Å². The Kier molecular flexibility index (Phi) is 6.01. The number of rotatable bonds is 5. The van der Waals surface area contributed by atoms with Gasteiger partial charge in [-0.25, -0.2) is 9.79 Å². The van der Waals surface area contributed by atoms with Crippen LogP contribution in [0.5, 0.6) is 0 Å². The van der Waals surface area contributed by atoms with E-state index in [4.69, 9.17) is 4.74 Å². The monoisotopic (exact) mass is 405 g/mol. The Morgan fingerprint density at radius 1 is 0.871 bits per heavy atom. The predicted molar refractivity (Wildman–Crippen MR) is 119 cm³/mol. The number of nitriles is 1. The molecule has 5 nitrogen and oxygen atoms in total. The van der Waals surface area contributed by atoms with Crippen LogP contribution in [-0.4, -0.2) is 11.7 Å². The molecule has 1 heterocycles. The molecule has 0 spiro atoms. The number of carbonyl (C=O) groups excluding carboxylic acids is 1. The zero-order chi connectivity index (χ0) is 21.5. The molecule has 0 unspecified atom stereocenters. The molecule has 3 aromatic carbocycles.